The zero-order valence-corrected chi connectivity index (χ0v) is 12.0. The summed E-state index contributed by atoms with van der Waals surface area (Å²) in [6.07, 6.45) is 1.42. The van der Waals surface area contributed by atoms with Crippen LogP contribution in [-0.4, -0.2) is 36.7 Å². The lowest BCUT2D eigenvalue weighted by Gasteiger charge is -2.29. The zero-order chi connectivity index (χ0) is 15.4. The Balaban J connectivity index is 2.24. The summed E-state index contributed by atoms with van der Waals surface area (Å²) < 4.78 is 5.27. The minimum atomic E-state index is -1.04. The van der Waals surface area contributed by atoms with Crippen molar-refractivity contribution in [3.05, 3.63) is 23.8 Å². The minimum Gasteiger partial charge on any atom is -0.478 e. The van der Waals surface area contributed by atoms with Gasteiger partial charge in [-0.05, 0) is 38.0 Å². The molecule has 0 unspecified atom stereocenters. The van der Waals surface area contributed by atoms with Crippen molar-refractivity contribution in [3.8, 4) is 0 Å². The molecular weight excluding hydrogens is 272 g/mol. The number of nitrogen functional groups attached to an aromatic ring is 1. The zero-order valence-electron chi connectivity index (χ0n) is 12.0. The summed E-state index contributed by atoms with van der Waals surface area (Å²) in [7, 11) is 0. The first kappa shape index (κ1) is 15.3. The number of amides is 1. The number of anilines is 2. The average molecular weight is 292 g/mol. The molecule has 3 N–H and O–H groups in total. The smallest absolute Gasteiger partial charge is 0.335 e. The van der Waals surface area contributed by atoms with Crippen molar-refractivity contribution in [2.75, 3.05) is 30.4 Å². The van der Waals surface area contributed by atoms with Gasteiger partial charge in [-0.25, -0.2) is 4.79 Å². The fourth-order valence-electron chi connectivity index (χ4n) is 2.54. The molecule has 0 aromatic heterocycles. The second-order valence-electron chi connectivity index (χ2n) is 5.05. The molecule has 1 heterocycles. The molecule has 0 bridgehead atoms. The Morgan fingerprint density at radius 3 is 2.57 bits per heavy atom. The standard InChI is InChI=1S/C15H20N2O4/c1-2-17(14(18)10-5-7-21-8-6-10)13-4-3-11(15(19)20)9-12(13)16/h3-4,9-10H,2,5-8,16H2,1H3,(H,19,20). The molecule has 0 atom stereocenters. The topological polar surface area (TPSA) is 92.9 Å². The molecule has 1 saturated heterocycles. The van der Waals surface area contributed by atoms with Gasteiger partial charge >= 0.3 is 5.97 Å². The fourth-order valence-corrected chi connectivity index (χ4v) is 2.54. The summed E-state index contributed by atoms with van der Waals surface area (Å²) in [6.45, 7) is 3.57. The molecule has 1 aromatic carbocycles. The summed E-state index contributed by atoms with van der Waals surface area (Å²) in [5, 5.41) is 8.96. The molecule has 0 spiro atoms. The van der Waals surface area contributed by atoms with Crippen molar-refractivity contribution in [2.24, 2.45) is 5.92 Å². The van der Waals surface area contributed by atoms with Gasteiger partial charge in [-0.15, -0.1) is 0 Å². The van der Waals surface area contributed by atoms with E-state index in [9.17, 15) is 9.59 Å². The van der Waals surface area contributed by atoms with Crippen LogP contribution in [0.15, 0.2) is 18.2 Å². The Morgan fingerprint density at radius 2 is 2.05 bits per heavy atom. The first-order valence-corrected chi connectivity index (χ1v) is 7.06. The molecule has 0 radical (unpaired) electrons. The monoisotopic (exact) mass is 292 g/mol. The van der Waals surface area contributed by atoms with Crippen LogP contribution < -0.4 is 10.6 Å². The highest BCUT2D eigenvalue weighted by Gasteiger charge is 2.27. The minimum absolute atomic E-state index is 0.0237. The van der Waals surface area contributed by atoms with Gasteiger partial charge in [-0.3, -0.25) is 4.79 Å². The molecule has 114 valence electrons. The Hall–Kier alpha value is -2.08. The Labute approximate surface area is 123 Å². The number of ether oxygens (including phenoxy) is 1. The molecule has 0 saturated carbocycles. The van der Waals surface area contributed by atoms with Crippen LogP contribution in [0.5, 0.6) is 0 Å². The quantitative estimate of drug-likeness (QED) is 0.825. The first-order valence-electron chi connectivity index (χ1n) is 7.06. The Bertz CT molecular complexity index is 538. The molecule has 2 rings (SSSR count). The second kappa shape index (κ2) is 6.58. The molecule has 6 nitrogen and oxygen atoms in total. The van der Waals surface area contributed by atoms with E-state index in [1.54, 1.807) is 11.0 Å². The van der Waals surface area contributed by atoms with Gasteiger partial charge in [0.15, 0.2) is 0 Å². The summed E-state index contributed by atoms with van der Waals surface area (Å²) in [5.74, 6) is -1.07. The maximum atomic E-state index is 12.6. The van der Waals surface area contributed by atoms with Crippen LogP contribution in [0.2, 0.25) is 0 Å². The largest absolute Gasteiger partial charge is 0.478 e. The maximum absolute atomic E-state index is 12.6. The van der Waals surface area contributed by atoms with Gasteiger partial charge < -0.3 is 20.5 Å². The fraction of sp³-hybridized carbons (Fsp3) is 0.467. The lowest BCUT2D eigenvalue weighted by atomic mass is 9.98. The molecule has 1 fully saturated rings. The molecule has 1 aliphatic rings. The van der Waals surface area contributed by atoms with Crippen LogP contribution in [0.1, 0.15) is 30.1 Å². The highest BCUT2D eigenvalue weighted by Crippen LogP contribution is 2.28. The van der Waals surface area contributed by atoms with Crippen molar-refractivity contribution >= 4 is 23.3 Å². The summed E-state index contributed by atoms with van der Waals surface area (Å²) in [5.41, 5.74) is 6.91. The van der Waals surface area contributed by atoms with E-state index in [0.717, 1.165) is 0 Å². The summed E-state index contributed by atoms with van der Waals surface area (Å²) >= 11 is 0. The van der Waals surface area contributed by atoms with Crippen molar-refractivity contribution in [1.29, 1.82) is 0 Å². The summed E-state index contributed by atoms with van der Waals surface area (Å²) in [4.78, 5) is 25.2. The summed E-state index contributed by atoms with van der Waals surface area (Å²) in [6, 6.07) is 4.45. The van der Waals surface area contributed by atoms with Crippen molar-refractivity contribution in [1.82, 2.24) is 0 Å². The predicted octanol–water partition coefficient (Wildman–Crippen LogP) is 1.75. The van der Waals surface area contributed by atoms with Crippen LogP contribution in [0, 0.1) is 5.92 Å². The van der Waals surface area contributed by atoms with Gasteiger partial charge in [0.2, 0.25) is 5.91 Å². The van der Waals surface area contributed by atoms with Crippen LogP contribution in [0.3, 0.4) is 0 Å². The first-order chi connectivity index (χ1) is 10.0. The number of carboxylic acid groups (broad SMARTS) is 1. The number of rotatable bonds is 4. The van der Waals surface area contributed by atoms with E-state index < -0.39 is 5.97 Å². The SMILES string of the molecule is CCN(C(=O)C1CCOCC1)c1ccc(C(=O)O)cc1N. The van der Waals surface area contributed by atoms with Gasteiger partial charge in [0.25, 0.3) is 0 Å². The Morgan fingerprint density at radius 1 is 1.38 bits per heavy atom. The highest BCUT2D eigenvalue weighted by atomic mass is 16.5. The van der Waals surface area contributed by atoms with E-state index in [4.69, 9.17) is 15.6 Å². The van der Waals surface area contributed by atoms with Gasteiger partial charge in [-0.1, -0.05) is 0 Å². The predicted molar refractivity (Wildman–Crippen MR) is 79.4 cm³/mol. The van der Waals surface area contributed by atoms with E-state index >= 15 is 0 Å². The number of carbonyl (C=O) groups excluding carboxylic acids is 1. The van der Waals surface area contributed by atoms with Crippen molar-refractivity contribution in [3.63, 3.8) is 0 Å². The number of hydrogen-bond acceptors (Lipinski definition) is 4. The molecule has 1 amide bonds. The molecule has 6 heteroatoms. The molecule has 0 aliphatic carbocycles. The number of nitrogens with zero attached hydrogens (tertiary/aromatic N) is 1. The van der Waals surface area contributed by atoms with E-state index in [1.165, 1.54) is 12.1 Å². The maximum Gasteiger partial charge on any atom is 0.335 e. The normalized spacial score (nSPS) is 15.7. The lowest BCUT2D eigenvalue weighted by molar-refractivity contribution is -0.125. The van der Waals surface area contributed by atoms with E-state index in [-0.39, 0.29) is 17.4 Å². The van der Waals surface area contributed by atoms with Crippen LogP contribution in [0.4, 0.5) is 11.4 Å². The van der Waals surface area contributed by atoms with E-state index in [0.29, 0.717) is 44.0 Å². The number of aromatic carboxylic acids is 1. The lowest BCUT2D eigenvalue weighted by Crippen LogP contribution is -2.38. The van der Waals surface area contributed by atoms with Crippen molar-refractivity contribution < 1.29 is 19.4 Å². The van der Waals surface area contributed by atoms with Gasteiger partial charge in [0.05, 0.1) is 16.9 Å². The highest BCUT2D eigenvalue weighted by molar-refractivity contribution is 5.99. The van der Waals surface area contributed by atoms with E-state index in [2.05, 4.69) is 0 Å². The molecule has 1 aromatic rings. The van der Waals surface area contributed by atoms with Crippen LogP contribution >= 0.6 is 0 Å². The molecular formula is C15H20N2O4. The number of hydrogen-bond donors (Lipinski definition) is 2. The van der Waals surface area contributed by atoms with Gasteiger partial charge in [0, 0.05) is 25.7 Å². The number of carbonyl (C=O) groups is 2. The average Bonchev–Trinajstić information content (AvgIpc) is 2.50. The van der Waals surface area contributed by atoms with Gasteiger partial charge in [-0.2, -0.15) is 0 Å². The molecule has 21 heavy (non-hydrogen) atoms. The molecule has 1 aliphatic heterocycles. The number of benzene rings is 1. The number of nitrogens with two attached hydrogens (primary N) is 1. The Kier molecular flexibility index (Phi) is 4.80. The third-order valence-corrected chi connectivity index (χ3v) is 3.72. The van der Waals surface area contributed by atoms with E-state index in [1.807, 2.05) is 6.92 Å². The third kappa shape index (κ3) is 3.33. The van der Waals surface area contributed by atoms with Crippen LogP contribution in [-0.2, 0) is 9.53 Å². The third-order valence-electron chi connectivity index (χ3n) is 3.72. The number of carboxylic acids is 1. The van der Waals surface area contributed by atoms with Crippen molar-refractivity contribution in [2.45, 2.75) is 19.8 Å². The van der Waals surface area contributed by atoms with Gasteiger partial charge in [0.1, 0.15) is 0 Å². The second-order valence-corrected chi connectivity index (χ2v) is 5.05. The van der Waals surface area contributed by atoms with Crippen LogP contribution in [0.25, 0.3) is 0 Å².